The van der Waals surface area contributed by atoms with Gasteiger partial charge in [-0.25, -0.2) is 9.78 Å². The van der Waals surface area contributed by atoms with E-state index in [2.05, 4.69) is 15.7 Å². The molecule has 1 unspecified atom stereocenters. The van der Waals surface area contributed by atoms with Gasteiger partial charge in [-0.3, -0.25) is 24.4 Å². The summed E-state index contributed by atoms with van der Waals surface area (Å²) in [6, 6.07) is 9.75. The van der Waals surface area contributed by atoms with E-state index in [1.54, 1.807) is 48.7 Å². The fourth-order valence-electron chi connectivity index (χ4n) is 3.16. The van der Waals surface area contributed by atoms with Crippen molar-refractivity contribution in [2.45, 2.75) is 25.4 Å². The quantitative estimate of drug-likeness (QED) is 0.615. The minimum Gasteiger partial charge on any atom is -0.318 e. The summed E-state index contributed by atoms with van der Waals surface area (Å²) in [4.78, 5) is 54.5. The number of hydrogen-bond donors (Lipinski definition) is 2. The standard InChI is InChI=1S/C19H17N5O4S/c1-19(12-5-3-2-4-6-12)17(27)24(18(28)21-19)22-14(25)7-9-23-11-20-15-13(16(23)26)8-10-29-15/h2-6,8,10-11H,7,9H2,1H3,(H,21,28)(H,22,25). The van der Waals surface area contributed by atoms with E-state index in [0.717, 1.165) is 0 Å². The molecule has 0 bridgehead atoms. The molecule has 1 fully saturated rings. The second-order valence-electron chi connectivity index (χ2n) is 6.73. The van der Waals surface area contributed by atoms with Gasteiger partial charge in [0.2, 0.25) is 5.91 Å². The molecule has 0 radical (unpaired) electrons. The average Bonchev–Trinajstić information content (AvgIpc) is 3.28. The molecule has 148 valence electrons. The number of thiophene rings is 1. The Bertz CT molecular complexity index is 1170. The van der Waals surface area contributed by atoms with Crippen LogP contribution in [0, 0.1) is 0 Å². The van der Waals surface area contributed by atoms with Gasteiger partial charge in [0.15, 0.2) is 0 Å². The Kier molecular flexibility index (Phi) is 4.63. The van der Waals surface area contributed by atoms with Gasteiger partial charge in [0.05, 0.1) is 11.7 Å². The summed E-state index contributed by atoms with van der Waals surface area (Å²) in [5.41, 5.74) is 1.42. The first-order valence-electron chi connectivity index (χ1n) is 8.84. The van der Waals surface area contributed by atoms with Crippen molar-refractivity contribution in [3.05, 3.63) is 64.0 Å². The lowest BCUT2D eigenvalue weighted by Crippen LogP contribution is -2.48. The van der Waals surface area contributed by atoms with Crippen LogP contribution in [0.25, 0.3) is 10.2 Å². The lowest BCUT2D eigenvalue weighted by molar-refractivity contribution is -0.139. The SMILES string of the molecule is CC1(c2ccccc2)NC(=O)N(NC(=O)CCn2cnc3sccc3c2=O)C1=O. The maximum Gasteiger partial charge on any atom is 0.344 e. The molecule has 1 atom stereocenters. The Labute approximate surface area is 168 Å². The van der Waals surface area contributed by atoms with E-state index in [-0.39, 0.29) is 18.5 Å². The van der Waals surface area contributed by atoms with Crippen LogP contribution in [0.2, 0.25) is 0 Å². The predicted molar refractivity (Wildman–Crippen MR) is 106 cm³/mol. The van der Waals surface area contributed by atoms with Crippen LogP contribution in [0.4, 0.5) is 4.79 Å². The highest BCUT2D eigenvalue weighted by atomic mass is 32.1. The number of amides is 4. The first-order chi connectivity index (χ1) is 13.9. The van der Waals surface area contributed by atoms with Crippen LogP contribution < -0.4 is 16.3 Å². The van der Waals surface area contributed by atoms with Crippen molar-refractivity contribution < 1.29 is 14.4 Å². The molecule has 29 heavy (non-hydrogen) atoms. The van der Waals surface area contributed by atoms with E-state index in [1.165, 1.54) is 22.2 Å². The first-order valence-corrected chi connectivity index (χ1v) is 9.72. The van der Waals surface area contributed by atoms with Crippen molar-refractivity contribution >= 4 is 39.4 Å². The molecule has 1 aromatic carbocycles. The number of rotatable bonds is 5. The highest BCUT2D eigenvalue weighted by Gasteiger charge is 2.49. The normalized spacial score (nSPS) is 18.9. The zero-order valence-electron chi connectivity index (χ0n) is 15.4. The summed E-state index contributed by atoms with van der Waals surface area (Å²) in [5, 5.41) is 5.56. The summed E-state index contributed by atoms with van der Waals surface area (Å²) >= 11 is 1.36. The van der Waals surface area contributed by atoms with Crippen LogP contribution in [0.15, 0.2) is 52.9 Å². The largest absolute Gasteiger partial charge is 0.344 e. The Morgan fingerprint density at radius 3 is 2.72 bits per heavy atom. The van der Waals surface area contributed by atoms with E-state index in [4.69, 9.17) is 0 Å². The number of hydrazine groups is 1. The molecule has 0 aliphatic carbocycles. The third-order valence-corrected chi connectivity index (χ3v) is 5.63. The molecular formula is C19H17N5O4S. The minimum atomic E-state index is -1.27. The van der Waals surface area contributed by atoms with Crippen LogP contribution in [0.1, 0.15) is 18.9 Å². The number of benzene rings is 1. The van der Waals surface area contributed by atoms with Gasteiger partial charge in [-0.1, -0.05) is 30.3 Å². The minimum absolute atomic E-state index is 0.0725. The molecule has 3 heterocycles. The third kappa shape index (κ3) is 3.27. The van der Waals surface area contributed by atoms with Gasteiger partial charge < -0.3 is 5.32 Å². The Hall–Kier alpha value is -3.53. The molecule has 4 rings (SSSR count). The summed E-state index contributed by atoms with van der Waals surface area (Å²) < 4.78 is 1.33. The van der Waals surface area contributed by atoms with Gasteiger partial charge in [0, 0.05) is 13.0 Å². The summed E-state index contributed by atoms with van der Waals surface area (Å²) in [6.45, 7) is 1.65. The number of hydrogen-bond acceptors (Lipinski definition) is 6. The van der Waals surface area contributed by atoms with E-state index < -0.39 is 23.4 Å². The lowest BCUT2D eigenvalue weighted by atomic mass is 9.92. The van der Waals surface area contributed by atoms with Gasteiger partial charge in [0.1, 0.15) is 10.4 Å². The number of carbonyl (C=O) groups excluding carboxylic acids is 3. The Morgan fingerprint density at radius 1 is 1.21 bits per heavy atom. The second-order valence-corrected chi connectivity index (χ2v) is 7.62. The zero-order chi connectivity index (χ0) is 20.6. The van der Waals surface area contributed by atoms with Crippen molar-refractivity contribution in [1.29, 1.82) is 0 Å². The zero-order valence-corrected chi connectivity index (χ0v) is 16.2. The number of urea groups is 1. The number of carbonyl (C=O) groups is 3. The van der Waals surface area contributed by atoms with E-state index in [9.17, 15) is 19.2 Å². The lowest BCUT2D eigenvalue weighted by Gasteiger charge is -2.22. The van der Waals surface area contributed by atoms with Gasteiger partial charge >= 0.3 is 6.03 Å². The highest BCUT2D eigenvalue weighted by Crippen LogP contribution is 2.27. The van der Waals surface area contributed by atoms with Gasteiger partial charge in [-0.15, -0.1) is 11.3 Å². The highest BCUT2D eigenvalue weighted by molar-refractivity contribution is 7.16. The van der Waals surface area contributed by atoms with Gasteiger partial charge in [0.25, 0.3) is 11.5 Å². The molecular weight excluding hydrogens is 394 g/mol. The molecule has 0 saturated carbocycles. The topological polar surface area (TPSA) is 113 Å². The molecule has 2 N–H and O–H groups in total. The third-order valence-electron chi connectivity index (χ3n) is 4.81. The maximum absolute atomic E-state index is 12.8. The Morgan fingerprint density at radius 2 is 1.97 bits per heavy atom. The van der Waals surface area contributed by atoms with Crippen molar-refractivity contribution in [3.63, 3.8) is 0 Å². The second kappa shape index (κ2) is 7.13. The number of aromatic nitrogens is 2. The van der Waals surface area contributed by atoms with Crippen molar-refractivity contribution in [1.82, 2.24) is 25.3 Å². The molecule has 4 amide bonds. The smallest absolute Gasteiger partial charge is 0.318 e. The van der Waals surface area contributed by atoms with Crippen molar-refractivity contribution in [2.24, 2.45) is 0 Å². The van der Waals surface area contributed by atoms with Crippen molar-refractivity contribution in [3.8, 4) is 0 Å². The van der Waals surface area contributed by atoms with Gasteiger partial charge in [-0.05, 0) is 23.9 Å². The van der Waals surface area contributed by atoms with E-state index >= 15 is 0 Å². The van der Waals surface area contributed by atoms with Crippen molar-refractivity contribution in [2.75, 3.05) is 0 Å². The average molecular weight is 411 g/mol. The number of aryl methyl sites for hydroxylation is 1. The van der Waals surface area contributed by atoms with Crippen LogP contribution in [0.5, 0.6) is 0 Å². The number of imide groups is 1. The van der Waals surface area contributed by atoms with E-state index in [0.29, 0.717) is 20.8 Å². The van der Waals surface area contributed by atoms with E-state index in [1.807, 2.05) is 0 Å². The number of nitrogens with one attached hydrogen (secondary N) is 2. The van der Waals surface area contributed by atoms with Gasteiger partial charge in [-0.2, -0.15) is 5.01 Å². The maximum atomic E-state index is 12.8. The molecule has 3 aromatic rings. The molecule has 9 nitrogen and oxygen atoms in total. The number of nitrogens with zero attached hydrogens (tertiary/aromatic N) is 3. The molecule has 10 heteroatoms. The van der Waals surface area contributed by atoms with Crippen LogP contribution >= 0.6 is 11.3 Å². The molecule has 1 aliphatic heterocycles. The summed E-state index contributed by atoms with van der Waals surface area (Å²) in [6.07, 6.45) is 1.28. The van der Waals surface area contributed by atoms with Crippen LogP contribution in [-0.2, 0) is 21.7 Å². The predicted octanol–water partition coefficient (Wildman–Crippen LogP) is 1.35. The summed E-state index contributed by atoms with van der Waals surface area (Å²) in [5.74, 6) is -1.15. The fourth-order valence-corrected chi connectivity index (χ4v) is 3.89. The first kappa shape index (κ1) is 18.8. The molecule has 2 aromatic heterocycles. The monoisotopic (exact) mass is 411 g/mol. The Balaban J connectivity index is 1.44. The molecule has 1 saturated heterocycles. The number of fused-ring (bicyclic) bond motifs is 1. The van der Waals surface area contributed by atoms with Crippen LogP contribution in [0.3, 0.4) is 0 Å². The fraction of sp³-hybridized carbons (Fsp3) is 0.211. The molecule has 0 spiro atoms. The summed E-state index contributed by atoms with van der Waals surface area (Å²) in [7, 11) is 0. The van der Waals surface area contributed by atoms with Crippen LogP contribution in [-0.4, -0.2) is 32.4 Å². The molecule has 1 aliphatic rings.